The topological polar surface area (TPSA) is 66.9 Å². The van der Waals surface area contributed by atoms with Gasteiger partial charge in [-0.3, -0.25) is 4.98 Å². The molecule has 0 fully saturated rings. The molecule has 0 saturated heterocycles. The molecule has 0 bridgehead atoms. The molecule has 1 aromatic heterocycles. The predicted octanol–water partition coefficient (Wildman–Crippen LogP) is 5.20. The summed E-state index contributed by atoms with van der Waals surface area (Å²) in [7, 11) is 3.15. The second-order valence-electron chi connectivity index (χ2n) is 7.25. The number of methoxy groups -OCH3 is 2. The van der Waals surface area contributed by atoms with E-state index in [9.17, 15) is 4.79 Å². The van der Waals surface area contributed by atoms with Crippen LogP contribution in [-0.2, 0) is 11.2 Å². The first-order valence-electron chi connectivity index (χ1n) is 10.5. The number of hydrogen-bond donors (Lipinski definition) is 0. The number of hydrogen-bond acceptors (Lipinski definition) is 6. The first kappa shape index (κ1) is 22.4. The molecule has 0 spiro atoms. The average Bonchev–Trinajstić information content (AvgIpc) is 2.78. The molecule has 0 N–H and O–H groups in total. The normalized spacial score (nSPS) is 11.8. The number of esters is 1. The maximum atomic E-state index is 12.5. The number of aromatic nitrogens is 1. The van der Waals surface area contributed by atoms with Crippen molar-refractivity contribution in [2.24, 2.45) is 0 Å². The molecule has 0 amide bonds. The fourth-order valence-corrected chi connectivity index (χ4v) is 3.37. The van der Waals surface area contributed by atoms with Gasteiger partial charge in [-0.1, -0.05) is 19.1 Å². The monoisotopic (exact) mass is 423 g/mol. The van der Waals surface area contributed by atoms with E-state index in [2.05, 4.69) is 18.8 Å². The lowest BCUT2D eigenvalue weighted by Crippen LogP contribution is -2.10. The van der Waals surface area contributed by atoms with Crippen LogP contribution in [-0.4, -0.2) is 37.9 Å². The largest absolute Gasteiger partial charge is 0.493 e. The minimum Gasteiger partial charge on any atom is -0.493 e. The van der Waals surface area contributed by atoms with E-state index in [1.165, 1.54) is 0 Å². The van der Waals surface area contributed by atoms with Crippen molar-refractivity contribution in [1.29, 1.82) is 0 Å². The van der Waals surface area contributed by atoms with Gasteiger partial charge in [0.2, 0.25) is 0 Å². The lowest BCUT2D eigenvalue weighted by Gasteiger charge is -2.15. The Bertz CT molecular complexity index is 1060. The smallest absolute Gasteiger partial charge is 0.340 e. The van der Waals surface area contributed by atoms with Gasteiger partial charge in [-0.15, -0.1) is 0 Å². The van der Waals surface area contributed by atoms with Gasteiger partial charge in [0, 0.05) is 23.4 Å². The minimum atomic E-state index is -0.414. The van der Waals surface area contributed by atoms with Crippen LogP contribution in [0, 0.1) is 0 Å². The molecule has 3 rings (SSSR count). The SMILES string of the molecule is CCOC(=O)c1cnc(Cc2cccc(OC(C)CC)c2)c2cc(OC)c(OC)cc12. The van der Waals surface area contributed by atoms with Crippen LogP contribution in [0.1, 0.15) is 48.8 Å². The molecule has 1 atom stereocenters. The molecule has 3 aromatic rings. The molecule has 0 saturated carbocycles. The number of pyridine rings is 1. The third-order valence-electron chi connectivity index (χ3n) is 5.15. The van der Waals surface area contributed by atoms with E-state index in [-0.39, 0.29) is 6.10 Å². The van der Waals surface area contributed by atoms with Crippen molar-refractivity contribution in [1.82, 2.24) is 4.98 Å². The van der Waals surface area contributed by atoms with Gasteiger partial charge in [0.1, 0.15) is 5.75 Å². The summed E-state index contributed by atoms with van der Waals surface area (Å²) in [5.41, 5.74) is 2.29. The summed E-state index contributed by atoms with van der Waals surface area (Å²) in [4.78, 5) is 17.1. The van der Waals surface area contributed by atoms with Gasteiger partial charge in [-0.25, -0.2) is 4.79 Å². The highest BCUT2D eigenvalue weighted by Gasteiger charge is 2.18. The molecule has 0 aliphatic heterocycles. The van der Waals surface area contributed by atoms with E-state index < -0.39 is 5.97 Å². The van der Waals surface area contributed by atoms with Crippen molar-refractivity contribution in [3.8, 4) is 17.2 Å². The summed E-state index contributed by atoms with van der Waals surface area (Å²) in [5, 5.41) is 1.53. The van der Waals surface area contributed by atoms with Crippen molar-refractivity contribution in [2.45, 2.75) is 39.7 Å². The zero-order chi connectivity index (χ0) is 22.4. The van der Waals surface area contributed by atoms with Crippen LogP contribution < -0.4 is 14.2 Å². The van der Waals surface area contributed by atoms with Crippen LogP contribution in [0.5, 0.6) is 17.2 Å². The molecule has 0 aliphatic carbocycles. The Morgan fingerprint density at radius 1 is 1.03 bits per heavy atom. The van der Waals surface area contributed by atoms with Crippen LogP contribution in [0.25, 0.3) is 10.8 Å². The fourth-order valence-electron chi connectivity index (χ4n) is 3.37. The van der Waals surface area contributed by atoms with Gasteiger partial charge in [-0.2, -0.15) is 0 Å². The van der Waals surface area contributed by atoms with Gasteiger partial charge >= 0.3 is 5.97 Å². The summed E-state index contributed by atoms with van der Waals surface area (Å²) in [6, 6.07) is 11.7. The molecule has 2 aromatic carbocycles. The summed E-state index contributed by atoms with van der Waals surface area (Å²) >= 11 is 0. The summed E-state index contributed by atoms with van der Waals surface area (Å²) in [6.07, 6.45) is 3.23. The van der Waals surface area contributed by atoms with E-state index in [0.29, 0.717) is 35.5 Å². The van der Waals surface area contributed by atoms with Crippen molar-refractivity contribution in [2.75, 3.05) is 20.8 Å². The molecular weight excluding hydrogens is 394 g/mol. The van der Waals surface area contributed by atoms with Gasteiger partial charge in [0.05, 0.1) is 38.2 Å². The highest BCUT2D eigenvalue weighted by molar-refractivity contribution is 6.05. The Hall–Kier alpha value is -3.28. The fraction of sp³-hybridized carbons (Fsp3) is 0.360. The summed E-state index contributed by atoms with van der Waals surface area (Å²) in [6.45, 7) is 6.21. The highest BCUT2D eigenvalue weighted by atomic mass is 16.5. The van der Waals surface area contributed by atoms with Crippen LogP contribution in [0.15, 0.2) is 42.6 Å². The molecule has 1 heterocycles. The molecule has 6 nitrogen and oxygen atoms in total. The van der Waals surface area contributed by atoms with Crippen LogP contribution in [0.3, 0.4) is 0 Å². The number of fused-ring (bicyclic) bond motifs is 1. The first-order valence-corrected chi connectivity index (χ1v) is 10.5. The zero-order valence-corrected chi connectivity index (χ0v) is 18.7. The zero-order valence-electron chi connectivity index (χ0n) is 18.7. The third-order valence-corrected chi connectivity index (χ3v) is 5.15. The van der Waals surface area contributed by atoms with Crippen molar-refractivity contribution >= 4 is 16.7 Å². The number of carbonyl (C=O) groups excluding carboxylic acids is 1. The summed E-state index contributed by atoms with van der Waals surface area (Å²) in [5.74, 6) is 1.54. The Balaban J connectivity index is 2.07. The first-order chi connectivity index (χ1) is 15.0. The van der Waals surface area contributed by atoms with Crippen molar-refractivity contribution in [3.05, 3.63) is 59.4 Å². The molecule has 31 heavy (non-hydrogen) atoms. The number of benzene rings is 2. The molecule has 164 valence electrons. The number of carbonyl (C=O) groups is 1. The Morgan fingerprint density at radius 3 is 2.39 bits per heavy atom. The Morgan fingerprint density at radius 2 is 1.74 bits per heavy atom. The van der Waals surface area contributed by atoms with Gasteiger partial charge < -0.3 is 18.9 Å². The van der Waals surface area contributed by atoms with E-state index in [1.807, 2.05) is 30.3 Å². The molecule has 6 heteroatoms. The van der Waals surface area contributed by atoms with Crippen molar-refractivity contribution in [3.63, 3.8) is 0 Å². The highest BCUT2D eigenvalue weighted by Crippen LogP contribution is 2.35. The lowest BCUT2D eigenvalue weighted by atomic mass is 9.99. The Labute approximate surface area is 183 Å². The molecule has 0 aliphatic rings. The number of ether oxygens (including phenoxy) is 4. The Kier molecular flexibility index (Phi) is 7.34. The van der Waals surface area contributed by atoms with E-state index in [4.69, 9.17) is 18.9 Å². The van der Waals surface area contributed by atoms with Gasteiger partial charge in [-0.05, 0) is 50.1 Å². The minimum absolute atomic E-state index is 0.148. The lowest BCUT2D eigenvalue weighted by molar-refractivity contribution is 0.0528. The number of nitrogens with zero attached hydrogens (tertiary/aromatic N) is 1. The second kappa shape index (κ2) is 10.2. The van der Waals surface area contributed by atoms with E-state index in [1.54, 1.807) is 33.4 Å². The quantitative estimate of drug-likeness (QED) is 0.441. The van der Waals surface area contributed by atoms with Crippen LogP contribution in [0.2, 0.25) is 0 Å². The van der Waals surface area contributed by atoms with Gasteiger partial charge in [0.25, 0.3) is 0 Å². The van der Waals surface area contributed by atoms with Crippen LogP contribution >= 0.6 is 0 Å². The second-order valence-corrected chi connectivity index (χ2v) is 7.25. The van der Waals surface area contributed by atoms with Gasteiger partial charge in [0.15, 0.2) is 11.5 Å². The molecule has 1 unspecified atom stereocenters. The number of rotatable bonds is 9. The van der Waals surface area contributed by atoms with Crippen molar-refractivity contribution < 1.29 is 23.7 Å². The van der Waals surface area contributed by atoms with E-state index in [0.717, 1.165) is 28.8 Å². The molecule has 0 radical (unpaired) electrons. The maximum Gasteiger partial charge on any atom is 0.340 e. The standard InChI is InChI=1S/C25H29NO5/c1-6-16(3)31-18-10-8-9-17(11-18)12-22-20-14-24(29-5)23(28-4)13-19(20)21(15-26-22)25(27)30-7-2/h8-11,13-16H,6-7,12H2,1-5H3. The van der Waals surface area contributed by atoms with E-state index >= 15 is 0 Å². The summed E-state index contributed by atoms with van der Waals surface area (Å²) < 4.78 is 22.1. The maximum absolute atomic E-state index is 12.5. The molecular formula is C25H29NO5. The average molecular weight is 424 g/mol. The van der Waals surface area contributed by atoms with Crippen LogP contribution in [0.4, 0.5) is 0 Å². The third kappa shape index (κ3) is 5.08. The predicted molar refractivity (Wildman–Crippen MR) is 120 cm³/mol.